The van der Waals surface area contributed by atoms with Crippen molar-refractivity contribution >= 4 is 32.3 Å². The quantitative estimate of drug-likeness (QED) is 0.327. The van der Waals surface area contributed by atoms with Gasteiger partial charge < -0.3 is 0 Å². The van der Waals surface area contributed by atoms with Crippen LogP contribution in [-0.2, 0) is 0 Å². The molecule has 0 aromatic heterocycles. The van der Waals surface area contributed by atoms with Crippen molar-refractivity contribution in [2.24, 2.45) is 0 Å². The molecule has 0 heterocycles. The third-order valence-corrected chi connectivity index (χ3v) is 4.52. The van der Waals surface area contributed by atoms with Crippen molar-refractivity contribution in [1.29, 1.82) is 0 Å². The molecular formula is C22H13. The Hall–Kier alpha value is -2.86. The molecule has 22 heavy (non-hydrogen) atoms. The fourth-order valence-corrected chi connectivity index (χ4v) is 3.55. The van der Waals surface area contributed by atoms with E-state index in [0.29, 0.717) is 0 Å². The van der Waals surface area contributed by atoms with Crippen LogP contribution in [0.25, 0.3) is 43.4 Å². The Morgan fingerprint density at radius 1 is 0.591 bits per heavy atom. The van der Waals surface area contributed by atoms with Gasteiger partial charge in [0, 0.05) is 0 Å². The van der Waals surface area contributed by atoms with Crippen LogP contribution in [0.4, 0.5) is 0 Å². The van der Waals surface area contributed by atoms with Gasteiger partial charge in [-0.1, -0.05) is 60.7 Å². The highest BCUT2D eigenvalue weighted by molar-refractivity contribution is 6.26. The van der Waals surface area contributed by atoms with Crippen LogP contribution in [0.3, 0.4) is 0 Å². The first-order valence-corrected chi connectivity index (χ1v) is 7.55. The molecule has 0 spiro atoms. The monoisotopic (exact) mass is 277 g/mol. The van der Waals surface area contributed by atoms with E-state index in [9.17, 15) is 0 Å². The van der Waals surface area contributed by atoms with Gasteiger partial charge in [0.25, 0.3) is 0 Å². The van der Waals surface area contributed by atoms with Gasteiger partial charge in [0.05, 0.1) is 0 Å². The predicted molar refractivity (Wildman–Crippen MR) is 94.4 cm³/mol. The number of benzene rings is 5. The minimum Gasteiger partial charge on any atom is -0.0622 e. The molecule has 0 saturated carbocycles. The van der Waals surface area contributed by atoms with Crippen molar-refractivity contribution in [2.75, 3.05) is 0 Å². The Kier molecular flexibility index (Phi) is 2.31. The molecule has 0 atom stereocenters. The highest BCUT2D eigenvalue weighted by Crippen LogP contribution is 2.39. The summed E-state index contributed by atoms with van der Waals surface area (Å²) < 4.78 is 0. The van der Waals surface area contributed by atoms with E-state index in [-0.39, 0.29) is 0 Å². The van der Waals surface area contributed by atoms with Crippen LogP contribution in [0.15, 0.2) is 78.9 Å². The molecule has 1 radical (unpaired) electrons. The Bertz CT molecular complexity index is 1100. The molecular weight excluding hydrogens is 264 g/mol. The summed E-state index contributed by atoms with van der Waals surface area (Å²) >= 11 is 0. The van der Waals surface area contributed by atoms with E-state index in [1.807, 2.05) is 0 Å². The first kappa shape index (κ1) is 11.8. The minimum absolute atomic E-state index is 1.26. The molecule has 0 aliphatic rings. The second-order valence-corrected chi connectivity index (χ2v) is 5.77. The SMILES string of the molecule is [c]1cc2ccc3cccc4c(-c5ccccc5)cc(c1)c2c34. The maximum Gasteiger partial charge on any atom is -0.00206 e. The molecule has 0 saturated heterocycles. The van der Waals surface area contributed by atoms with Crippen molar-refractivity contribution in [3.8, 4) is 11.1 Å². The lowest BCUT2D eigenvalue weighted by Gasteiger charge is -2.14. The Morgan fingerprint density at radius 3 is 2.32 bits per heavy atom. The lowest BCUT2D eigenvalue weighted by molar-refractivity contribution is 1.67. The van der Waals surface area contributed by atoms with Crippen LogP contribution in [0.2, 0.25) is 0 Å². The van der Waals surface area contributed by atoms with Gasteiger partial charge in [0.2, 0.25) is 0 Å². The van der Waals surface area contributed by atoms with Gasteiger partial charge in [0.1, 0.15) is 0 Å². The maximum atomic E-state index is 3.28. The summed E-state index contributed by atoms with van der Waals surface area (Å²) in [6, 6.07) is 31.4. The summed E-state index contributed by atoms with van der Waals surface area (Å²) in [7, 11) is 0. The van der Waals surface area contributed by atoms with Gasteiger partial charge >= 0.3 is 0 Å². The topological polar surface area (TPSA) is 0 Å². The number of rotatable bonds is 1. The first-order valence-electron chi connectivity index (χ1n) is 7.55. The molecule has 5 aromatic carbocycles. The van der Waals surface area contributed by atoms with Gasteiger partial charge in [-0.05, 0) is 67.7 Å². The average Bonchev–Trinajstić information content (AvgIpc) is 2.60. The lowest BCUT2D eigenvalue weighted by Crippen LogP contribution is -1.87. The van der Waals surface area contributed by atoms with Crippen LogP contribution in [0, 0.1) is 6.07 Å². The molecule has 5 rings (SSSR count). The molecule has 0 aliphatic carbocycles. The fraction of sp³-hybridized carbons (Fsp3) is 0. The van der Waals surface area contributed by atoms with Crippen molar-refractivity contribution in [3.63, 3.8) is 0 Å². The molecule has 0 N–H and O–H groups in total. The summed E-state index contributed by atoms with van der Waals surface area (Å²) in [6.07, 6.45) is 0. The molecule has 0 bridgehead atoms. The molecule has 0 fully saturated rings. The maximum absolute atomic E-state index is 3.28. The van der Waals surface area contributed by atoms with E-state index in [1.54, 1.807) is 0 Å². The third kappa shape index (κ3) is 1.52. The largest absolute Gasteiger partial charge is 0.0622 e. The van der Waals surface area contributed by atoms with E-state index in [0.717, 1.165) is 0 Å². The van der Waals surface area contributed by atoms with E-state index in [2.05, 4.69) is 84.9 Å². The summed E-state index contributed by atoms with van der Waals surface area (Å²) in [4.78, 5) is 0. The van der Waals surface area contributed by atoms with Gasteiger partial charge in [0.15, 0.2) is 0 Å². The lowest BCUT2D eigenvalue weighted by atomic mass is 9.89. The standard InChI is InChI=1S/C22H13/c1-2-6-15(7-3-1)20-14-18-10-4-8-16-12-13-17-9-5-11-19(20)22(17)21(16)18/h1-3,5-14H. The predicted octanol–water partition coefficient (Wildman–Crippen LogP) is 6.05. The van der Waals surface area contributed by atoms with Crippen LogP contribution in [0.5, 0.6) is 0 Å². The molecule has 0 heteroatoms. The fourth-order valence-electron chi connectivity index (χ4n) is 3.55. The zero-order valence-electron chi connectivity index (χ0n) is 12.0. The smallest absolute Gasteiger partial charge is 0.00206 e. The molecule has 0 nitrogen and oxygen atoms in total. The van der Waals surface area contributed by atoms with Crippen LogP contribution >= 0.6 is 0 Å². The van der Waals surface area contributed by atoms with Gasteiger partial charge in [-0.15, -0.1) is 0 Å². The molecule has 0 aliphatic heterocycles. The molecule has 5 aromatic rings. The minimum atomic E-state index is 1.26. The van der Waals surface area contributed by atoms with Crippen molar-refractivity contribution in [2.45, 2.75) is 0 Å². The van der Waals surface area contributed by atoms with E-state index < -0.39 is 0 Å². The second-order valence-electron chi connectivity index (χ2n) is 5.77. The highest BCUT2D eigenvalue weighted by Gasteiger charge is 2.12. The van der Waals surface area contributed by atoms with Crippen molar-refractivity contribution in [3.05, 3.63) is 84.9 Å². The summed E-state index contributed by atoms with van der Waals surface area (Å²) in [5.74, 6) is 0. The summed E-state index contributed by atoms with van der Waals surface area (Å²) in [6.45, 7) is 0. The Morgan fingerprint density at radius 2 is 1.41 bits per heavy atom. The summed E-state index contributed by atoms with van der Waals surface area (Å²) in [5.41, 5.74) is 2.56. The molecule has 0 amide bonds. The van der Waals surface area contributed by atoms with Crippen molar-refractivity contribution < 1.29 is 0 Å². The van der Waals surface area contributed by atoms with Crippen LogP contribution < -0.4 is 0 Å². The zero-order valence-corrected chi connectivity index (χ0v) is 12.0. The van der Waals surface area contributed by atoms with Gasteiger partial charge in [-0.25, -0.2) is 0 Å². The first-order chi connectivity index (χ1) is 10.9. The summed E-state index contributed by atoms with van der Waals surface area (Å²) in [5, 5.41) is 7.88. The number of hydrogen-bond donors (Lipinski definition) is 0. The average molecular weight is 277 g/mol. The van der Waals surface area contributed by atoms with E-state index in [4.69, 9.17) is 0 Å². The van der Waals surface area contributed by atoms with Gasteiger partial charge in [-0.2, -0.15) is 0 Å². The van der Waals surface area contributed by atoms with Crippen LogP contribution in [0.1, 0.15) is 0 Å². The van der Waals surface area contributed by atoms with Gasteiger partial charge in [-0.3, -0.25) is 0 Å². The number of hydrogen-bond acceptors (Lipinski definition) is 0. The second kappa shape index (κ2) is 4.32. The highest BCUT2D eigenvalue weighted by atomic mass is 14.1. The molecule has 0 unspecified atom stereocenters. The van der Waals surface area contributed by atoms with Crippen LogP contribution in [-0.4, -0.2) is 0 Å². The Balaban J connectivity index is 2.07. The Labute approximate surface area is 129 Å². The van der Waals surface area contributed by atoms with Crippen molar-refractivity contribution in [1.82, 2.24) is 0 Å². The zero-order chi connectivity index (χ0) is 14.5. The third-order valence-electron chi connectivity index (χ3n) is 4.52. The van der Waals surface area contributed by atoms with E-state index >= 15 is 0 Å². The van der Waals surface area contributed by atoms with E-state index in [1.165, 1.54) is 43.4 Å². The molecule has 101 valence electrons. The normalized spacial score (nSPS) is 11.6.